The molecule has 1 unspecified atom stereocenters. The molecule has 8 nitrogen and oxygen atoms in total. The van der Waals surface area contributed by atoms with Gasteiger partial charge >= 0.3 is 0 Å². The number of amides is 1. The van der Waals surface area contributed by atoms with E-state index in [9.17, 15) is 4.79 Å². The second-order valence-electron chi connectivity index (χ2n) is 6.12. The Kier molecular flexibility index (Phi) is 3.34. The molecule has 0 N–H and O–H groups in total. The SMILES string of the molecule is O=C1CC(c2noc(-c3ccccn3)n2)CN1c1ccc2c(c1)OCO2. The van der Waals surface area contributed by atoms with E-state index in [2.05, 4.69) is 15.1 Å². The summed E-state index contributed by atoms with van der Waals surface area (Å²) in [6.07, 6.45) is 2.00. The highest BCUT2D eigenvalue weighted by atomic mass is 16.7. The van der Waals surface area contributed by atoms with Crippen molar-refractivity contribution in [1.82, 2.24) is 15.1 Å². The number of carbonyl (C=O) groups is 1. The van der Waals surface area contributed by atoms with Crippen LogP contribution in [0.15, 0.2) is 47.1 Å². The number of ether oxygens (including phenoxy) is 2. The van der Waals surface area contributed by atoms with Gasteiger partial charge in [-0.15, -0.1) is 0 Å². The van der Waals surface area contributed by atoms with E-state index < -0.39 is 0 Å². The van der Waals surface area contributed by atoms with Gasteiger partial charge in [0, 0.05) is 36.8 Å². The number of hydrogen-bond acceptors (Lipinski definition) is 7. The molecule has 4 heterocycles. The number of rotatable bonds is 3. The zero-order chi connectivity index (χ0) is 17.5. The third kappa shape index (κ3) is 2.46. The first kappa shape index (κ1) is 14.9. The van der Waals surface area contributed by atoms with E-state index in [0.29, 0.717) is 41.9 Å². The van der Waals surface area contributed by atoms with Crippen molar-refractivity contribution in [1.29, 1.82) is 0 Å². The summed E-state index contributed by atoms with van der Waals surface area (Å²) in [4.78, 5) is 22.8. The molecule has 1 amide bonds. The van der Waals surface area contributed by atoms with Crippen molar-refractivity contribution in [2.24, 2.45) is 0 Å². The van der Waals surface area contributed by atoms with Crippen molar-refractivity contribution in [3.63, 3.8) is 0 Å². The van der Waals surface area contributed by atoms with Gasteiger partial charge < -0.3 is 18.9 Å². The number of anilines is 1. The average Bonchev–Trinajstić information content (AvgIpc) is 3.41. The molecule has 0 spiro atoms. The zero-order valence-corrected chi connectivity index (χ0v) is 13.7. The van der Waals surface area contributed by atoms with Crippen LogP contribution >= 0.6 is 0 Å². The minimum Gasteiger partial charge on any atom is -0.454 e. The molecule has 8 heteroatoms. The van der Waals surface area contributed by atoms with Gasteiger partial charge in [-0.1, -0.05) is 11.2 Å². The van der Waals surface area contributed by atoms with Gasteiger partial charge in [0.05, 0.1) is 0 Å². The monoisotopic (exact) mass is 350 g/mol. The van der Waals surface area contributed by atoms with E-state index in [1.54, 1.807) is 17.2 Å². The minimum absolute atomic E-state index is 0.0121. The molecule has 3 aromatic rings. The van der Waals surface area contributed by atoms with Crippen LogP contribution in [0.3, 0.4) is 0 Å². The molecule has 0 radical (unpaired) electrons. The second-order valence-corrected chi connectivity index (χ2v) is 6.12. The van der Waals surface area contributed by atoms with Crippen LogP contribution in [0, 0.1) is 0 Å². The third-order valence-corrected chi connectivity index (χ3v) is 4.48. The first-order valence-corrected chi connectivity index (χ1v) is 8.23. The lowest BCUT2D eigenvalue weighted by Crippen LogP contribution is -2.24. The first-order valence-electron chi connectivity index (χ1n) is 8.23. The Bertz CT molecular complexity index is 972. The summed E-state index contributed by atoms with van der Waals surface area (Å²) in [5.41, 5.74) is 1.39. The molecule has 26 heavy (non-hydrogen) atoms. The molecule has 0 bridgehead atoms. The van der Waals surface area contributed by atoms with Crippen molar-refractivity contribution < 1.29 is 18.8 Å². The first-order chi connectivity index (χ1) is 12.8. The Morgan fingerprint density at radius 3 is 2.92 bits per heavy atom. The highest BCUT2D eigenvalue weighted by Gasteiger charge is 2.35. The van der Waals surface area contributed by atoms with Crippen molar-refractivity contribution >= 4 is 11.6 Å². The molecule has 2 aromatic heterocycles. The molecule has 2 aliphatic rings. The number of hydrogen-bond donors (Lipinski definition) is 0. The second kappa shape index (κ2) is 5.83. The summed E-state index contributed by atoms with van der Waals surface area (Å²) in [6.45, 7) is 0.689. The summed E-state index contributed by atoms with van der Waals surface area (Å²) < 4.78 is 16.0. The zero-order valence-electron chi connectivity index (χ0n) is 13.7. The van der Waals surface area contributed by atoms with Crippen LogP contribution in [-0.4, -0.2) is 34.4 Å². The van der Waals surface area contributed by atoms with E-state index in [-0.39, 0.29) is 18.6 Å². The molecular formula is C18H14N4O4. The van der Waals surface area contributed by atoms with Crippen LogP contribution < -0.4 is 14.4 Å². The number of fused-ring (bicyclic) bond motifs is 1. The van der Waals surface area contributed by atoms with Gasteiger partial charge in [-0.05, 0) is 24.3 Å². The minimum atomic E-state index is -0.130. The quantitative estimate of drug-likeness (QED) is 0.716. The molecular weight excluding hydrogens is 336 g/mol. The number of nitrogens with zero attached hydrogens (tertiary/aromatic N) is 4. The highest BCUT2D eigenvalue weighted by molar-refractivity contribution is 5.96. The Morgan fingerprint density at radius 2 is 2.04 bits per heavy atom. The summed E-state index contributed by atoms with van der Waals surface area (Å²) in [6, 6.07) is 11.0. The van der Waals surface area contributed by atoms with Crippen LogP contribution in [-0.2, 0) is 4.79 Å². The largest absolute Gasteiger partial charge is 0.454 e. The standard InChI is InChI=1S/C18H14N4O4/c23-16-7-11(17-20-18(26-21-17)13-3-1-2-6-19-13)9-22(16)12-4-5-14-15(8-12)25-10-24-14/h1-6,8,11H,7,9-10H2. The topological polar surface area (TPSA) is 90.6 Å². The van der Waals surface area contributed by atoms with E-state index in [0.717, 1.165) is 5.69 Å². The van der Waals surface area contributed by atoms with Gasteiger partial charge in [-0.25, -0.2) is 0 Å². The van der Waals surface area contributed by atoms with Crippen molar-refractivity contribution in [3.8, 4) is 23.1 Å². The molecule has 1 atom stereocenters. The number of benzene rings is 1. The van der Waals surface area contributed by atoms with Crippen molar-refractivity contribution in [2.45, 2.75) is 12.3 Å². The molecule has 1 aromatic carbocycles. The third-order valence-electron chi connectivity index (χ3n) is 4.48. The lowest BCUT2D eigenvalue weighted by atomic mass is 10.1. The fourth-order valence-electron chi connectivity index (χ4n) is 3.18. The van der Waals surface area contributed by atoms with Crippen LogP contribution in [0.4, 0.5) is 5.69 Å². The highest BCUT2D eigenvalue weighted by Crippen LogP contribution is 2.38. The molecule has 1 saturated heterocycles. The molecule has 2 aliphatic heterocycles. The molecule has 0 aliphatic carbocycles. The summed E-state index contributed by atoms with van der Waals surface area (Å²) in [5.74, 6) is 2.09. The Morgan fingerprint density at radius 1 is 1.12 bits per heavy atom. The van der Waals surface area contributed by atoms with Crippen LogP contribution in [0.5, 0.6) is 11.5 Å². The summed E-state index contributed by atoms with van der Waals surface area (Å²) in [5, 5.41) is 4.05. The molecule has 0 saturated carbocycles. The Hall–Kier alpha value is -3.42. The summed E-state index contributed by atoms with van der Waals surface area (Å²) in [7, 11) is 0. The number of carbonyl (C=O) groups excluding carboxylic acids is 1. The van der Waals surface area contributed by atoms with E-state index in [1.165, 1.54) is 0 Å². The van der Waals surface area contributed by atoms with Gasteiger partial charge in [-0.3, -0.25) is 9.78 Å². The number of pyridine rings is 1. The van der Waals surface area contributed by atoms with Crippen LogP contribution in [0.1, 0.15) is 18.2 Å². The fraction of sp³-hybridized carbons (Fsp3) is 0.222. The van der Waals surface area contributed by atoms with Gasteiger partial charge in [0.1, 0.15) is 5.69 Å². The van der Waals surface area contributed by atoms with E-state index in [4.69, 9.17) is 14.0 Å². The summed E-state index contributed by atoms with van der Waals surface area (Å²) >= 11 is 0. The molecule has 130 valence electrons. The van der Waals surface area contributed by atoms with E-state index in [1.807, 2.05) is 30.3 Å². The Balaban J connectivity index is 1.38. The molecule has 5 rings (SSSR count). The average molecular weight is 350 g/mol. The Labute approximate surface area is 148 Å². The predicted molar refractivity (Wildman–Crippen MR) is 89.8 cm³/mol. The normalized spacial score (nSPS) is 18.5. The van der Waals surface area contributed by atoms with Gasteiger partial charge in [0.25, 0.3) is 5.89 Å². The predicted octanol–water partition coefficient (Wildman–Crippen LogP) is 2.38. The molecule has 1 fully saturated rings. The van der Waals surface area contributed by atoms with Gasteiger partial charge in [0.2, 0.25) is 12.7 Å². The fourth-order valence-corrected chi connectivity index (χ4v) is 3.18. The smallest absolute Gasteiger partial charge is 0.276 e. The number of aromatic nitrogens is 3. The van der Waals surface area contributed by atoms with Crippen LogP contribution in [0.2, 0.25) is 0 Å². The van der Waals surface area contributed by atoms with E-state index >= 15 is 0 Å². The van der Waals surface area contributed by atoms with Crippen molar-refractivity contribution in [3.05, 3.63) is 48.4 Å². The van der Waals surface area contributed by atoms with Crippen LogP contribution in [0.25, 0.3) is 11.6 Å². The lowest BCUT2D eigenvalue weighted by Gasteiger charge is -2.16. The maximum atomic E-state index is 12.5. The van der Waals surface area contributed by atoms with Gasteiger partial charge in [0.15, 0.2) is 17.3 Å². The van der Waals surface area contributed by atoms with Gasteiger partial charge in [-0.2, -0.15) is 4.98 Å². The lowest BCUT2D eigenvalue weighted by molar-refractivity contribution is -0.117. The maximum absolute atomic E-state index is 12.5. The van der Waals surface area contributed by atoms with Crippen molar-refractivity contribution in [2.75, 3.05) is 18.2 Å². The maximum Gasteiger partial charge on any atom is 0.276 e.